The van der Waals surface area contributed by atoms with Crippen LogP contribution in [0.1, 0.15) is 0 Å². The second-order valence-corrected chi connectivity index (χ2v) is 6.62. The number of non-ortho nitro benzene ring substituents is 1. The molecule has 0 aliphatic heterocycles. The van der Waals surface area contributed by atoms with Crippen molar-refractivity contribution in [1.29, 1.82) is 0 Å². The highest BCUT2D eigenvalue weighted by Crippen LogP contribution is 2.46. The summed E-state index contributed by atoms with van der Waals surface area (Å²) in [6.45, 7) is 0. The largest absolute Gasteiger partial charge is 0.507 e. The van der Waals surface area contributed by atoms with Crippen molar-refractivity contribution >= 4 is 55.7 Å². The van der Waals surface area contributed by atoms with Gasteiger partial charge in [-0.25, -0.2) is 0 Å². The molecule has 0 saturated carbocycles. The summed E-state index contributed by atoms with van der Waals surface area (Å²) in [5.74, 6) is -0.0735. The van der Waals surface area contributed by atoms with E-state index in [0.717, 1.165) is 18.2 Å². The first-order chi connectivity index (χ1) is 14.8. The third-order valence-electron chi connectivity index (χ3n) is 4.83. The van der Waals surface area contributed by atoms with Gasteiger partial charge in [0.2, 0.25) is 0 Å². The Bertz CT molecular complexity index is 1430. The number of phenolic OH excluding ortho intramolecular Hbond substituents is 1. The summed E-state index contributed by atoms with van der Waals surface area (Å²) in [7, 11) is 0. The molecule has 4 aromatic carbocycles. The van der Waals surface area contributed by atoms with Crippen molar-refractivity contribution in [2.45, 2.75) is 0 Å². The number of anilines is 2. The molecule has 0 aromatic heterocycles. The minimum Gasteiger partial charge on any atom is -0.507 e. The van der Waals surface area contributed by atoms with E-state index < -0.39 is 21.2 Å². The molecule has 0 aliphatic carbocycles. The maximum absolute atomic E-state index is 11.4. The van der Waals surface area contributed by atoms with E-state index in [1.165, 1.54) is 0 Å². The van der Waals surface area contributed by atoms with Crippen LogP contribution in [0.3, 0.4) is 0 Å². The van der Waals surface area contributed by atoms with Crippen LogP contribution in [0.2, 0.25) is 0 Å². The monoisotopic (exact) mass is 418 g/mol. The molecule has 0 heterocycles. The van der Waals surface area contributed by atoms with E-state index in [4.69, 9.17) is 11.5 Å². The number of hydrogen-bond acceptors (Lipinski definition) is 9. The molecule has 0 unspecified atom stereocenters. The molecule has 0 spiro atoms. The first-order valence-corrected chi connectivity index (χ1v) is 8.85. The number of phenols is 1. The lowest BCUT2D eigenvalue weighted by Crippen LogP contribution is -1.96. The molecule has 0 fully saturated rings. The van der Waals surface area contributed by atoms with Crippen LogP contribution < -0.4 is 11.5 Å². The van der Waals surface area contributed by atoms with Gasteiger partial charge in [-0.3, -0.25) is 20.2 Å². The molecule has 4 aromatic rings. The Kier molecular flexibility index (Phi) is 4.55. The summed E-state index contributed by atoms with van der Waals surface area (Å²) in [5.41, 5.74) is 11.6. The Hall–Kier alpha value is -4.80. The Morgan fingerprint density at radius 3 is 2.23 bits per heavy atom. The average Bonchev–Trinajstić information content (AvgIpc) is 2.75. The van der Waals surface area contributed by atoms with Crippen molar-refractivity contribution in [3.05, 3.63) is 74.8 Å². The average molecular weight is 418 g/mol. The number of nitro groups is 2. The van der Waals surface area contributed by atoms with Crippen LogP contribution in [0, 0.1) is 20.2 Å². The lowest BCUT2D eigenvalue weighted by atomic mass is 9.98. The van der Waals surface area contributed by atoms with Gasteiger partial charge in [0.1, 0.15) is 11.4 Å². The van der Waals surface area contributed by atoms with Crippen LogP contribution in [0.15, 0.2) is 64.8 Å². The molecule has 0 amide bonds. The zero-order valence-corrected chi connectivity index (χ0v) is 15.7. The number of nitrogens with zero attached hydrogens (tertiary/aromatic N) is 4. The number of nitro benzene ring substituents is 2. The van der Waals surface area contributed by atoms with Crippen LogP contribution in [0.4, 0.5) is 34.1 Å². The molecule has 31 heavy (non-hydrogen) atoms. The van der Waals surface area contributed by atoms with Crippen LogP contribution in [-0.4, -0.2) is 15.0 Å². The smallest absolute Gasteiger partial charge is 0.303 e. The van der Waals surface area contributed by atoms with Crippen LogP contribution >= 0.6 is 0 Å². The molecule has 11 heteroatoms. The molecule has 154 valence electrons. The molecular formula is C20H14N6O5. The van der Waals surface area contributed by atoms with Crippen molar-refractivity contribution in [3.8, 4) is 5.75 Å². The summed E-state index contributed by atoms with van der Waals surface area (Å²) in [6.07, 6.45) is 0. The molecule has 0 radical (unpaired) electrons. The van der Waals surface area contributed by atoms with Gasteiger partial charge in [-0.15, -0.1) is 10.2 Å². The lowest BCUT2D eigenvalue weighted by molar-refractivity contribution is -0.393. The molecule has 0 saturated heterocycles. The predicted molar refractivity (Wildman–Crippen MR) is 116 cm³/mol. The van der Waals surface area contributed by atoms with Crippen molar-refractivity contribution < 1.29 is 15.0 Å². The maximum Gasteiger partial charge on any atom is 0.303 e. The Morgan fingerprint density at radius 1 is 0.839 bits per heavy atom. The van der Waals surface area contributed by atoms with E-state index in [0.29, 0.717) is 21.8 Å². The molecule has 0 aliphatic rings. The molecule has 0 bridgehead atoms. The van der Waals surface area contributed by atoms with Crippen molar-refractivity contribution in [1.82, 2.24) is 0 Å². The van der Waals surface area contributed by atoms with Crippen molar-refractivity contribution in [2.24, 2.45) is 10.2 Å². The van der Waals surface area contributed by atoms with Gasteiger partial charge in [0.25, 0.3) is 5.69 Å². The first kappa shape index (κ1) is 19.5. The van der Waals surface area contributed by atoms with Crippen molar-refractivity contribution in [3.63, 3.8) is 0 Å². The highest BCUT2D eigenvalue weighted by Gasteiger charge is 2.20. The van der Waals surface area contributed by atoms with Gasteiger partial charge in [0.15, 0.2) is 5.69 Å². The van der Waals surface area contributed by atoms with Gasteiger partial charge in [0.05, 0.1) is 32.7 Å². The molecule has 5 N–H and O–H groups in total. The second-order valence-electron chi connectivity index (χ2n) is 6.62. The summed E-state index contributed by atoms with van der Waals surface area (Å²) in [5, 5.41) is 43.0. The van der Waals surface area contributed by atoms with Crippen molar-refractivity contribution in [2.75, 3.05) is 11.5 Å². The van der Waals surface area contributed by atoms with Crippen LogP contribution in [0.25, 0.3) is 21.5 Å². The third-order valence-corrected chi connectivity index (χ3v) is 4.83. The lowest BCUT2D eigenvalue weighted by Gasteiger charge is -2.13. The van der Waals surface area contributed by atoms with Gasteiger partial charge >= 0.3 is 5.69 Å². The van der Waals surface area contributed by atoms with Crippen LogP contribution in [-0.2, 0) is 0 Å². The number of rotatable bonds is 4. The number of hydrogen-bond donors (Lipinski definition) is 3. The Labute approximate surface area is 173 Å². The summed E-state index contributed by atoms with van der Waals surface area (Å²) in [6, 6.07) is 13.1. The zero-order chi connectivity index (χ0) is 22.3. The van der Waals surface area contributed by atoms with Gasteiger partial charge in [-0.05, 0) is 18.2 Å². The third kappa shape index (κ3) is 3.19. The first-order valence-electron chi connectivity index (χ1n) is 8.85. The van der Waals surface area contributed by atoms with E-state index in [9.17, 15) is 25.3 Å². The zero-order valence-electron chi connectivity index (χ0n) is 15.7. The summed E-state index contributed by atoms with van der Waals surface area (Å²) in [4.78, 5) is 20.8. The molecular weight excluding hydrogens is 404 g/mol. The highest BCUT2D eigenvalue weighted by atomic mass is 16.6. The van der Waals surface area contributed by atoms with Gasteiger partial charge in [0, 0.05) is 22.2 Å². The number of aromatic hydroxyl groups is 1. The van der Waals surface area contributed by atoms with E-state index in [1.807, 2.05) is 0 Å². The second kappa shape index (κ2) is 7.22. The normalized spacial score (nSPS) is 11.4. The van der Waals surface area contributed by atoms with E-state index >= 15 is 0 Å². The highest BCUT2D eigenvalue weighted by molar-refractivity contribution is 6.19. The van der Waals surface area contributed by atoms with E-state index in [-0.39, 0.29) is 28.2 Å². The number of nitrogens with two attached hydrogens (primary N) is 2. The SMILES string of the molecule is Nc1ccc2c(N=Nc3ccc([N+](=O)[O-])cc3[N+](=O)[O-])c3ccccc3c(O)c2c1N. The molecule has 11 nitrogen and oxygen atoms in total. The number of azo groups is 1. The standard InChI is InChI=1S/C20H14N6O5/c21-14-7-6-13-17(18(14)22)20(27)12-4-2-1-3-11(12)19(13)24-23-15-8-5-10(25(28)29)9-16(15)26(30)31/h1-9,27H,21-22H2. The molecule has 4 rings (SSSR count). The van der Waals surface area contributed by atoms with Gasteiger partial charge in [-0.1, -0.05) is 24.3 Å². The van der Waals surface area contributed by atoms with E-state index in [2.05, 4.69) is 10.2 Å². The summed E-state index contributed by atoms with van der Waals surface area (Å²) >= 11 is 0. The van der Waals surface area contributed by atoms with E-state index in [1.54, 1.807) is 36.4 Å². The fourth-order valence-electron chi connectivity index (χ4n) is 3.33. The number of nitrogen functional groups attached to an aromatic ring is 2. The Balaban J connectivity index is 2.00. The Morgan fingerprint density at radius 2 is 1.55 bits per heavy atom. The fraction of sp³-hybridized carbons (Fsp3) is 0. The molecule has 0 atom stereocenters. The van der Waals surface area contributed by atoms with Gasteiger partial charge < -0.3 is 16.6 Å². The maximum atomic E-state index is 11.4. The number of fused-ring (bicyclic) bond motifs is 2. The predicted octanol–water partition coefficient (Wildman–Crippen LogP) is 5.09. The minimum atomic E-state index is -0.771. The number of benzene rings is 4. The van der Waals surface area contributed by atoms with Gasteiger partial charge in [-0.2, -0.15) is 0 Å². The quantitative estimate of drug-likeness (QED) is 0.135. The summed E-state index contributed by atoms with van der Waals surface area (Å²) < 4.78 is 0. The fourth-order valence-corrected chi connectivity index (χ4v) is 3.33. The van der Waals surface area contributed by atoms with Crippen LogP contribution in [0.5, 0.6) is 5.75 Å². The minimum absolute atomic E-state index is 0.0735. The topological polar surface area (TPSA) is 183 Å².